The number of H-pyrrole nitrogens is 1. The predicted octanol–water partition coefficient (Wildman–Crippen LogP) is 6.14. The van der Waals surface area contributed by atoms with Crippen molar-refractivity contribution in [1.82, 2.24) is 4.98 Å². The zero-order valence-electron chi connectivity index (χ0n) is 12.6. The van der Waals surface area contributed by atoms with Crippen LogP contribution in [-0.2, 0) is 0 Å². The summed E-state index contributed by atoms with van der Waals surface area (Å²) in [6, 6.07) is 30.4. The first-order valence-corrected chi connectivity index (χ1v) is 7.87. The van der Waals surface area contributed by atoms with Crippen molar-refractivity contribution >= 4 is 32.4 Å². The first-order valence-electron chi connectivity index (χ1n) is 7.87. The van der Waals surface area contributed by atoms with Crippen LogP contribution in [0.3, 0.4) is 0 Å². The Balaban J connectivity index is 1.73. The Labute approximate surface area is 134 Å². The predicted molar refractivity (Wildman–Crippen MR) is 98.7 cm³/mol. The summed E-state index contributed by atoms with van der Waals surface area (Å²) in [5.41, 5.74) is 3.58. The lowest BCUT2D eigenvalue weighted by molar-refractivity contribution is 1.46. The molecule has 1 heteroatoms. The molecular weight excluding hydrogens is 278 g/mol. The van der Waals surface area contributed by atoms with Gasteiger partial charge >= 0.3 is 0 Å². The highest BCUT2D eigenvalue weighted by molar-refractivity contribution is 6.00. The zero-order valence-corrected chi connectivity index (χ0v) is 12.6. The molecule has 0 fully saturated rings. The van der Waals surface area contributed by atoms with Gasteiger partial charge in [-0.25, -0.2) is 0 Å². The third-order valence-electron chi connectivity index (χ3n) is 4.55. The summed E-state index contributed by atoms with van der Waals surface area (Å²) in [5, 5.41) is 6.39. The molecule has 0 saturated carbocycles. The van der Waals surface area contributed by atoms with Crippen molar-refractivity contribution in [3.63, 3.8) is 0 Å². The molecule has 0 aliphatic heterocycles. The third kappa shape index (κ3) is 2.01. The molecule has 1 nitrogen and oxygen atoms in total. The summed E-state index contributed by atoms with van der Waals surface area (Å²) in [5.74, 6) is 0. The fourth-order valence-corrected chi connectivity index (χ4v) is 3.34. The van der Waals surface area contributed by atoms with Gasteiger partial charge in [0.15, 0.2) is 0 Å². The van der Waals surface area contributed by atoms with Crippen molar-refractivity contribution in [2.45, 2.75) is 0 Å². The second kappa shape index (κ2) is 4.72. The standard InChI is InChI=1S/C22H15N/c1-2-6-16-12-20-13-19(10-9-17(20)11-15(16)5-1)22-14-18-7-3-4-8-21(18)23-22/h1-14,23H. The smallest absolute Gasteiger partial charge is 0.0464 e. The Hall–Kier alpha value is -3.06. The van der Waals surface area contributed by atoms with Crippen LogP contribution < -0.4 is 0 Å². The zero-order chi connectivity index (χ0) is 15.2. The summed E-state index contributed by atoms with van der Waals surface area (Å²) in [4.78, 5) is 3.51. The van der Waals surface area contributed by atoms with Crippen LogP contribution in [0.1, 0.15) is 0 Å². The molecule has 5 rings (SSSR count). The minimum atomic E-state index is 1.17. The van der Waals surface area contributed by atoms with E-state index in [0.717, 1.165) is 0 Å². The Morgan fingerprint density at radius 3 is 1.91 bits per heavy atom. The van der Waals surface area contributed by atoms with Crippen LogP contribution in [0, 0.1) is 0 Å². The van der Waals surface area contributed by atoms with Crippen molar-refractivity contribution in [2.24, 2.45) is 0 Å². The van der Waals surface area contributed by atoms with E-state index in [4.69, 9.17) is 0 Å². The molecule has 0 saturated heterocycles. The van der Waals surface area contributed by atoms with E-state index in [-0.39, 0.29) is 0 Å². The van der Waals surface area contributed by atoms with Gasteiger partial charge in [-0.05, 0) is 57.4 Å². The fraction of sp³-hybridized carbons (Fsp3) is 0. The van der Waals surface area contributed by atoms with Crippen molar-refractivity contribution < 1.29 is 0 Å². The van der Waals surface area contributed by atoms with Crippen LogP contribution in [-0.4, -0.2) is 4.98 Å². The van der Waals surface area contributed by atoms with Crippen LogP contribution in [0.15, 0.2) is 84.9 Å². The van der Waals surface area contributed by atoms with E-state index in [1.807, 2.05) is 0 Å². The van der Waals surface area contributed by atoms with Crippen molar-refractivity contribution in [1.29, 1.82) is 0 Å². The second-order valence-electron chi connectivity index (χ2n) is 6.03. The number of aromatic amines is 1. The first-order chi connectivity index (χ1) is 11.4. The molecule has 1 heterocycles. The molecule has 4 aromatic carbocycles. The minimum Gasteiger partial charge on any atom is -0.355 e. The lowest BCUT2D eigenvalue weighted by Crippen LogP contribution is -1.80. The summed E-state index contributed by atoms with van der Waals surface area (Å²) in [6.45, 7) is 0. The van der Waals surface area contributed by atoms with Crippen LogP contribution in [0.5, 0.6) is 0 Å². The number of hydrogen-bond acceptors (Lipinski definition) is 0. The highest BCUT2D eigenvalue weighted by Gasteiger charge is 2.05. The van der Waals surface area contributed by atoms with E-state index in [1.54, 1.807) is 0 Å². The Morgan fingerprint density at radius 2 is 1.13 bits per heavy atom. The molecule has 108 valence electrons. The Morgan fingerprint density at radius 1 is 0.478 bits per heavy atom. The van der Waals surface area contributed by atoms with Crippen LogP contribution in [0.4, 0.5) is 0 Å². The third-order valence-corrected chi connectivity index (χ3v) is 4.55. The normalized spacial score (nSPS) is 11.5. The second-order valence-corrected chi connectivity index (χ2v) is 6.03. The van der Waals surface area contributed by atoms with Crippen molar-refractivity contribution in [2.75, 3.05) is 0 Å². The van der Waals surface area contributed by atoms with Gasteiger partial charge in [-0.1, -0.05) is 54.6 Å². The molecule has 0 atom stereocenters. The highest BCUT2D eigenvalue weighted by Crippen LogP contribution is 2.29. The fourth-order valence-electron chi connectivity index (χ4n) is 3.34. The summed E-state index contributed by atoms with van der Waals surface area (Å²) in [7, 11) is 0. The topological polar surface area (TPSA) is 15.8 Å². The van der Waals surface area contributed by atoms with Crippen molar-refractivity contribution in [3.05, 3.63) is 84.9 Å². The van der Waals surface area contributed by atoms with E-state index >= 15 is 0 Å². The largest absolute Gasteiger partial charge is 0.355 e. The summed E-state index contributed by atoms with van der Waals surface area (Å²) < 4.78 is 0. The van der Waals surface area contributed by atoms with Gasteiger partial charge in [0, 0.05) is 16.6 Å². The molecule has 1 aromatic heterocycles. The van der Waals surface area contributed by atoms with Crippen LogP contribution >= 0.6 is 0 Å². The lowest BCUT2D eigenvalue weighted by Gasteiger charge is -2.05. The quantitative estimate of drug-likeness (QED) is 0.357. The van der Waals surface area contributed by atoms with Crippen molar-refractivity contribution in [3.8, 4) is 11.3 Å². The number of benzene rings is 4. The molecule has 0 aliphatic carbocycles. The number of hydrogen-bond donors (Lipinski definition) is 1. The number of fused-ring (bicyclic) bond motifs is 3. The molecule has 0 amide bonds. The van der Waals surface area contributed by atoms with E-state index in [0.29, 0.717) is 0 Å². The highest BCUT2D eigenvalue weighted by atomic mass is 14.7. The molecule has 1 N–H and O–H groups in total. The molecule has 0 aliphatic rings. The lowest BCUT2D eigenvalue weighted by atomic mass is 10.0. The number of para-hydroxylation sites is 1. The van der Waals surface area contributed by atoms with Gasteiger partial charge < -0.3 is 4.98 Å². The van der Waals surface area contributed by atoms with Gasteiger partial charge in [0.2, 0.25) is 0 Å². The van der Waals surface area contributed by atoms with Gasteiger partial charge in [0.1, 0.15) is 0 Å². The maximum Gasteiger partial charge on any atom is 0.0464 e. The molecule has 0 bridgehead atoms. The maximum absolute atomic E-state index is 3.51. The average Bonchev–Trinajstić information content (AvgIpc) is 3.03. The molecular formula is C22H15N. The van der Waals surface area contributed by atoms with E-state index in [2.05, 4.69) is 89.9 Å². The molecule has 0 unspecified atom stereocenters. The van der Waals surface area contributed by atoms with Gasteiger partial charge in [-0.2, -0.15) is 0 Å². The summed E-state index contributed by atoms with van der Waals surface area (Å²) >= 11 is 0. The SMILES string of the molecule is c1ccc2cc3cc(-c4cc5ccccc5[nH]4)ccc3cc2c1. The molecule has 23 heavy (non-hydrogen) atoms. The van der Waals surface area contributed by atoms with E-state index in [9.17, 15) is 0 Å². The number of rotatable bonds is 1. The van der Waals surface area contributed by atoms with Gasteiger partial charge in [-0.3, -0.25) is 0 Å². The van der Waals surface area contributed by atoms with Gasteiger partial charge in [0.05, 0.1) is 0 Å². The van der Waals surface area contributed by atoms with E-state index in [1.165, 1.54) is 43.7 Å². The maximum atomic E-state index is 3.51. The van der Waals surface area contributed by atoms with Crippen LogP contribution in [0.25, 0.3) is 43.7 Å². The number of nitrogens with one attached hydrogen (secondary N) is 1. The monoisotopic (exact) mass is 293 g/mol. The van der Waals surface area contributed by atoms with Gasteiger partial charge in [-0.15, -0.1) is 0 Å². The van der Waals surface area contributed by atoms with E-state index < -0.39 is 0 Å². The average molecular weight is 293 g/mol. The molecule has 0 radical (unpaired) electrons. The minimum absolute atomic E-state index is 1.17. The number of aromatic nitrogens is 1. The molecule has 5 aromatic rings. The first kappa shape index (κ1) is 12.5. The Kier molecular flexibility index (Phi) is 2.56. The Bertz CT molecular complexity index is 1130. The summed E-state index contributed by atoms with van der Waals surface area (Å²) in [6.07, 6.45) is 0. The van der Waals surface area contributed by atoms with Gasteiger partial charge in [0.25, 0.3) is 0 Å². The van der Waals surface area contributed by atoms with Crippen LogP contribution in [0.2, 0.25) is 0 Å². The molecule has 0 spiro atoms.